The first kappa shape index (κ1) is 31.0. The van der Waals surface area contributed by atoms with Crippen LogP contribution in [0.3, 0.4) is 0 Å². The van der Waals surface area contributed by atoms with Crippen LogP contribution in [0.15, 0.2) is 72.3 Å². The minimum absolute atomic E-state index is 0.00733. The number of hydrogen-bond donors (Lipinski definition) is 0. The zero-order valence-corrected chi connectivity index (χ0v) is 27.0. The van der Waals surface area contributed by atoms with E-state index < -0.39 is 19.5 Å². The first-order valence-electron chi connectivity index (χ1n) is 14.8. The predicted octanol–water partition coefficient (Wildman–Crippen LogP) is 6.23. The Morgan fingerprint density at radius 1 is 1.05 bits per heavy atom. The highest BCUT2D eigenvalue weighted by atomic mass is 28.4. The van der Waals surface area contributed by atoms with E-state index in [4.69, 9.17) is 13.9 Å². The fourth-order valence-corrected chi connectivity index (χ4v) is 11.1. The molecular weight excluding hydrogens is 530 g/mol. The molecule has 1 amide bonds. The van der Waals surface area contributed by atoms with Crippen LogP contribution < -0.4 is 10.4 Å². The van der Waals surface area contributed by atoms with Crippen molar-refractivity contribution in [2.45, 2.75) is 96.9 Å². The van der Waals surface area contributed by atoms with Crippen LogP contribution in [0.4, 0.5) is 4.79 Å². The van der Waals surface area contributed by atoms with Gasteiger partial charge in [-0.25, -0.2) is 9.59 Å². The molecule has 0 N–H and O–H groups in total. The summed E-state index contributed by atoms with van der Waals surface area (Å²) in [6.07, 6.45) is 3.76. The molecule has 0 aromatic heterocycles. The van der Waals surface area contributed by atoms with Crippen LogP contribution >= 0.6 is 0 Å². The summed E-state index contributed by atoms with van der Waals surface area (Å²) < 4.78 is 18.8. The van der Waals surface area contributed by atoms with Crippen molar-refractivity contribution in [2.75, 3.05) is 13.2 Å². The van der Waals surface area contributed by atoms with E-state index in [2.05, 4.69) is 76.2 Å². The normalized spacial score (nSPS) is 23.5. The van der Waals surface area contributed by atoms with Crippen molar-refractivity contribution in [1.82, 2.24) is 4.90 Å². The molecule has 2 aliphatic rings. The maximum absolute atomic E-state index is 13.1. The Hall–Kier alpha value is -2.90. The Balaban J connectivity index is 1.55. The molecule has 0 saturated carbocycles. The third-order valence-electron chi connectivity index (χ3n) is 8.18. The zero-order chi connectivity index (χ0) is 30.1. The second kappa shape index (κ2) is 11.8. The van der Waals surface area contributed by atoms with Gasteiger partial charge < -0.3 is 18.8 Å². The average Bonchev–Trinajstić information content (AvgIpc) is 3.50. The Morgan fingerprint density at radius 3 is 2.12 bits per heavy atom. The first-order valence-corrected chi connectivity index (χ1v) is 16.8. The molecule has 2 aliphatic heterocycles. The van der Waals surface area contributed by atoms with Gasteiger partial charge in [0.25, 0.3) is 8.32 Å². The van der Waals surface area contributed by atoms with Crippen LogP contribution in [0, 0.1) is 5.92 Å². The molecule has 222 valence electrons. The lowest BCUT2D eigenvalue weighted by molar-refractivity contribution is -0.149. The molecule has 0 spiro atoms. The summed E-state index contributed by atoms with van der Waals surface area (Å²) in [5, 5.41) is 2.34. The van der Waals surface area contributed by atoms with Crippen LogP contribution in [0.25, 0.3) is 0 Å². The number of amides is 1. The maximum atomic E-state index is 13.1. The summed E-state index contributed by atoms with van der Waals surface area (Å²) >= 11 is 0. The number of esters is 1. The smallest absolute Gasteiger partial charge is 0.410 e. The molecule has 2 aromatic carbocycles. The summed E-state index contributed by atoms with van der Waals surface area (Å²) in [6, 6.07) is 20.9. The summed E-state index contributed by atoms with van der Waals surface area (Å²) in [5.74, 6) is -0.312. The van der Waals surface area contributed by atoms with Crippen LogP contribution in [0.1, 0.15) is 74.7 Å². The molecule has 4 rings (SSSR count). The van der Waals surface area contributed by atoms with Gasteiger partial charge in [-0.3, -0.25) is 0 Å². The molecule has 2 aromatic rings. The largest absolute Gasteiger partial charge is 0.453 e. The molecule has 6 nitrogen and oxygen atoms in total. The van der Waals surface area contributed by atoms with Gasteiger partial charge >= 0.3 is 12.1 Å². The SMILES string of the molecule is C[C@@H](/C=C1/C[C@@](C)([C@@H]2CCCN2C(=O)OC(C)(C)C)OC1=O)CO[Si](c1ccccc1)(c1ccccc1)C(C)(C)C. The highest BCUT2D eigenvalue weighted by Gasteiger charge is 2.52. The minimum Gasteiger partial charge on any atom is -0.453 e. The third-order valence-corrected chi connectivity index (χ3v) is 13.2. The Labute approximate surface area is 247 Å². The van der Waals surface area contributed by atoms with Crippen LogP contribution in [-0.4, -0.2) is 55.7 Å². The second-order valence-electron chi connectivity index (χ2n) is 13.9. The van der Waals surface area contributed by atoms with E-state index in [1.54, 1.807) is 4.90 Å². The molecule has 0 radical (unpaired) electrons. The van der Waals surface area contributed by atoms with Crippen molar-refractivity contribution in [2.24, 2.45) is 5.92 Å². The number of rotatable bonds is 7. The van der Waals surface area contributed by atoms with Crippen LogP contribution in [0.2, 0.25) is 5.04 Å². The van der Waals surface area contributed by atoms with Crippen molar-refractivity contribution in [3.63, 3.8) is 0 Å². The van der Waals surface area contributed by atoms with Crippen molar-refractivity contribution in [1.29, 1.82) is 0 Å². The van der Waals surface area contributed by atoms with Gasteiger partial charge in [-0.2, -0.15) is 0 Å². The fraction of sp³-hybridized carbons (Fsp3) is 0.529. The van der Waals surface area contributed by atoms with Gasteiger partial charge in [-0.1, -0.05) is 94.4 Å². The lowest BCUT2D eigenvalue weighted by Crippen LogP contribution is -2.66. The number of hydrogen-bond acceptors (Lipinski definition) is 5. The van der Waals surface area contributed by atoms with E-state index in [9.17, 15) is 9.59 Å². The third kappa shape index (κ3) is 6.62. The molecular formula is C34H47NO5Si. The molecule has 2 heterocycles. The first-order chi connectivity index (χ1) is 19.2. The van der Waals surface area contributed by atoms with E-state index in [-0.39, 0.29) is 29.1 Å². The number of nitrogens with zero attached hydrogens (tertiary/aromatic N) is 1. The molecule has 0 aliphatic carbocycles. The van der Waals surface area contributed by atoms with E-state index in [0.29, 0.717) is 25.1 Å². The van der Waals surface area contributed by atoms with Crippen LogP contribution in [0.5, 0.6) is 0 Å². The van der Waals surface area contributed by atoms with E-state index in [1.165, 1.54) is 10.4 Å². The Morgan fingerprint density at radius 2 is 1.61 bits per heavy atom. The average molecular weight is 578 g/mol. The van der Waals surface area contributed by atoms with Gasteiger partial charge in [0.15, 0.2) is 0 Å². The number of carbonyl (C=O) groups is 2. The van der Waals surface area contributed by atoms with Crippen molar-refractivity contribution in [3.8, 4) is 0 Å². The highest BCUT2D eigenvalue weighted by Crippen LogP contribution is 2.41. The topological polar surface area (TPSA) is 65.1 Å². The lowest BCUT2D eigenvalue weighted by atomic mass is 9.89. The predicted molar refractivity (Wildman–Crippen MR) is 166 cm³/mol. The quantitative estimate of drug-likeness (QED) is 0.222. The van der Waals surface area contributed by atoms with Gasteiger partial charge in [0.2, 0.25) is 0 Å². The summed E-state index contributed by atoms with van der Waals surface area (Å²) in [6.45, 7) is 17.5. The van der Waals surface area contributed by atoms with E-state index >= 15 is 0 Å². The van der Waals surface area contributed by atoms with Crippen molar-refractivity contribution in [3.05, 3.63) is 72.3 Å². The number of ether oxygens (including phenoxy) is 2. The van der Waals surface area contributed by atoms with E-state index in [1.807, 2.05) is 45.9 Å². The highest BCUT2D eigenvalue weighted by molar-refractivity contribution is 6.99. The van der Waals surface area contributed by atoms with Gasteiger partial charge in [-0.15, -0.1) is 0 Å². The fourth-order valence-electron chi connectivity index (χ4n) is 6.43. The lowest BCUT2D eigenvalue weighted by Gasteiger charge is -2.43. The summed E-state index contributed by atoms with van der Waals surface area (Å²) in [4.78, 5) is 27.8. The Bertz CT molecular complexity index is 1210. The van der Waals surface area contributed by atoms with Gasteiger partial charge in [0.05, 0.1) is 6.04 Å². The number of cyclic esters (lactones) is 1. The molecule has 0 bridgehead atoms. The molecule has 41 heavy (non-hydrogen) atoms. The monoisotopic (exact) mass is 577 g/mol. The van der Waals surface area contributed by atoms with Crippen molar-refractivity contribution < 1.29 is 23.5 Å². The van der Waals surface area contributed by atoms with Crippen molar-refractivity contribution >= 4 is 30.8 Å². The zero-order valence-electron chi connectivity index (χ0n) is 26.0. The Kier molecular flexibility index (Phi) is 8.91. The minimum atomic E-state index is -2.68. The van der Waals surface area contributed by atoms with Crippen LogP contribution in [-0.2, 0) is 18.7 Å². The molecule has 7 heteroatoms. The number of carbonyl (C=O) groups excluding carboxylic acids is 2. The molecule has 2 fully saturated rings. The maximum Gasteiger partial charge on any atom is 0.410 e. The standard InChI is InChI=1S/C34H47NO5Si/c1-25(24-38-41(33(5,6)7,27-16-11-9-12-17-27)28-18-13-10-14-19-28)22-26-23-34(8,39-30(26)36)29-20-15-21-35(29)31(37)40-32(2,3)4/h9-14,16-19,22,25,29H,15,20-21,23-24H2,1-8H3/b26-22-/t25-,29-,34-/m0/s1. The van der Waals surface area contributed by atoms with Gasteiger partial charge in [0.1, 0.15) is 11.2 Å². The number of benzene rings is 2. The molecule has 2 saturated heterocycles. The van der Waals surface area contributed by atoms with Gasteiger partial charge in [-0.05, 0) is 61.9 Å². The summed E-state index contributed by atoms with van der Waals surface area (Å²) in [5.41, 5.74) is -0.708. The molecule has 3 atom stereocenters. The van der Waals surface area contributed by atoms with E-state index in [0.717, 1.165) is 12.8 Å². The molecule has 0 unspecified atom stereocenters. The van der Waals surface area contributed by atoms with Gasteiger partial charge in [0, 0.05) is 25.1 Å². The summed E-state index contributed by atoms with van der Waals surface area (Å²) in [7, 11) is -2.68. The second-order valence-corrected chi connectivity index (χ2v) is 18.2. The number of likely N-dealkylation sites (tertiary alicyclic amines) is 1.